The first-order valence-electron chi connectivity index (χ1n) is 8.46. The van der Waals surface area contributed by atoms with E-state index in [-0.39, 0.29) is 11.5 Å². The third-order valence-electron chi connectivity index (χ3n) is 4.01. The summed E-state index contributed by atoms with van der Waals surface area (Å²) >= 11 is 3.21. The number of carbonyl (C=O) groups excluding carboxylic acids is 2. The Morgan fingerprint density at radius 2 is 2.25 bits per heavy atom. The minimum atomic E-state index is -1.21. The van der Waals surface area contributed by atoms with E-state index in [0.717, 1.165) is 22.1 Å². The molecule has 2 heterocycles. The SMILES string of the molecule is CC(=N)C(C#N)C(=O)COC(=O)c1oc2ccccc2c1CSC1=NCCS1. The van der Waals surface area contributed by atoms with Gasteiger partial charge in [-0.1, -0.05) is 41.7 Å². The van der Waals surface area contributed by atoms with Crippen LogP contribution in [0.4, 0.5) is 0 Å². The standard InChI is InChI=1S/C19H17N3O4S2/c1-11(21)13(8-20)15(23)9-25-18(24)17-14(10-28-19-22-6-7-27-19)12-4-2-3-5-16(12)26-17/h2-5,13,21H,6-7,9-10H2,1H3. The van der Waals surface area contributed by atoms with Crippen LogP contribution in [0.25, 0.3) is 11.0 Å². The average molecular weight is 415 g/mol. The van der Waals surface area contributed by atoms with Gasteiger partial charge in [-0.3, -0.25) is 9.79 Å². The monoisotopic (exact) mass is 415 g/mol. The van der Waals surface area contributed by atoms with Crippen LogP contribution in [0.15, 0.2) is 33.7 Å². The van der Waals surface area contributed by atoms with Crippen LogP contribution in [-0.4, -0.2) is 40.7 Å². The van der Waals surface area contributed by atoms with Crippen LogP contribution in [0, 0.1) is 22.7 Å². The number of furan rings is 1. The third kappa shape index (κ3) is 4.46. The lowest BCUT2D eigenvalue weighted by molar-refractivity contribution is -0.122. The Bertz CT molecular complexity index is 1010. The molecule has 1 unspecified atom stereocenters. The lowest BCUT2D eigenvalue weighted by Crippen LogP contribution is -2.25. The molecule has 28 heavy (non-hydrogen) atoms. The number of Topliss-reactive ketones (excluding diaryl/α,β-unsaturated/α-hetero) is 1. The quantitative estimate of drug-likeness (QED) is 0.541. The summed E-state index contributed by atoms with van der Waals surface area (Å²) in [6.45, 7) is 1.58. The van der Waals surface area contributed by atoms with Gasteiger partial charge in [-0.05, 0) is 13.0 Å². The molecule has 3 rings (SSSR count). The van der Waals surface area contributed by atoms with Crippen LogP contribution in [0.2, 0.25) is 0 Å². The molecular formula is C19H17N3O4S2. The number of ketones is 1. The van der Waals surface area contributed by atoms with Crippen molar-refractivity contribution < 1.29 is 18.7 Å². The molecule has 0 radical (unpaired) electrons. The molecule has 0 spiro atoms. The zero-order valence-corrected chi connectivity index (χ0v) is 16.7. The number of fused-ring (bicyclic) bond motifs is 1. The summed E-state index contributed by atoms with van der Waals surface area (Å²) in [7, 11) is 0. The molecule has 0 saturated heterocycles. The van der Waals surface area contributed by atoms with Crippen molar-refractivity contribution in [2.45, 2.75) is 12.7 Å². The molecule has 0 saturated carbocycles. The highest BCUT2D eigenvalue weighted by Gasteiger charge is 2.26. The lowest BCUT2D eigenvalue weighted by atomic mass is 10.0. The van der Waals surface area contributed by atoms with E-state index >= 15 is 0 Å². The number of rotatable bonds is 7. The van der Waals surface area contributed by atoms with Crippen LogP contribution in [0.1, 0.15) is 23.0 Å². The summed E-state index contributed by atoms with van der Waals surface area (Å²) in [4.78, 5) is 29.0. The van der Waals surface area contributed by atoms with Gasteiger partial charge in [0.05, 0.1) is 12.6 Å². The summed E-state index contributed by atoms with van der Waals surface area (Å²) in [6.07, 6.45) is 0. The Labute approximate surface area is 170 Å². The van der Waals surface area contributed by atoms with Gasteiger partial charge in [0.1, 0.15) is 15.9 Å². The maximum absolute atomic E-state index is 12.6. The van der Waals surface area contributed by atoms with Crippen molar-refractivity contribution >= 4 is 56.3 Å². The van der Waals surface area contributed by atoms with Crippen molar-refractivity contribution in [3.63, 3.8) is 0 Å². The topological polar surface area (TPSA) is 117 Å². The minimum absolute atomic E-state index is 0.0465. The molecule has 9 heteroatoms. The van der Waals surface area contributed by atoms with E-state index in [0.29, 0.717) is 16.9 Å². The number of hydrogen-bond acceptors (Lipinski definition) is 9. The fourth-order valence-corrected chi connectivity index (χ4v) is 4.68. The predicted molar refractivity (Wildman–Crippen MR) is 110 cm³/mol. The smallest absolute Gasteiger partial charge is 0.375 e. The Balaban J connectivity index is 1.78. The van der Waals surface area contributed by atoms with Crippen molar-refractivity contribution in [2.75, 3.05) is 18.9 Å². The fourth-order valence-electron chi connectivity index (χ4n) is 2.64. The van der Waals surface area contributed by atoms with E-state index in [1.165, 1.54) is 18.7 Å². The highest BCUT2D eigenvalue weighted by molar-refractivity contribution is 8.38. The molecule has 144 valence electrons. The van der Waals surface area contributed by atoms with Crippen LogP contribution >= 0.6 is 23.5 Å². The molecule has 0 amide bonds. The van der Waals surface area contributed by atoms with Gasteiger partial charge >= 0.3 is 5.97 Å². The third-order valence-corrected chi connectivity index (χ3v) is 6.29. The number of hydrogen-bond donors (Lipinski definition) is 1. The number of benzene rings is 1. The van der Waals surface area contributed by atoms with Crippen molar-refractivity contribution in [1.82, 2.24) is 0 Å². The number of ether oxygens (including phenoxy) is 1. The second-order valence-electron chi connectivity index (χ2n) is 5.98. The van der Waals surface area contributed by atoms with Crippen LogP contribution in [-0.2, 0) is 15.3 Å². The van der Waals surface area contributed by atoms with Gasteiger partial charge in [0.2, 0.25) is 5.76 Å². The maximum atomic E-state index is 12.6. The first-order chi connectivity index (χ1) is 13.5. The van der Waals surface area contributed by atoms with Crippen LogP contribution in [0.5, 0.6) is 0 Å². The molecule has 1 aliphatic rings. The average Bonchev–Trinajstić information content (AvgIpc) is 3.32. The largest absolute Gasteiger partial charge is 0.452 e. The first-order valence-corrected chi connectivity index (χ1v) is 10.4. The Hall–Kier alpha value is -2.57. The Kier molecular flexibility index (Phi) is 6.54. The molecule has 1 aromatic carbocycles. The number of nitrogens with one attached hydrogen (secondary N) is 1. The Morgan fingerprint density at radius 1 is 1.46 bits per heavy atom. The van der Waals surface area contributed by atoms with Gasteiger partial charge < -0.3 is 14.6 Å². The molecule has 2 aromatic rings. The Morgan fingerprint density at radius 3 is 2.93 bits per heavy atom. The van der Waals surface area contributed by atoms with E-state index in [4.69, 9.17) is 19.8 Å². The summed E-state index contributed by atoms with van der Waals surface area (Å²) < 4.78 is 11.8. The lowest BCUT2D eigenvalue weighted by Gasteiger charge is -2.07. The normalized spacial score (nSPS) is 14.4. The second kappa shape index (κ2) is 9.08. The van der Waals surface area contributed by atoms with Crippen LogP contribution in [0.3, 0.4) is 0 Å². The van der Waals surface area contributed by atoms with Crippen molar-refractivity contribution in [2.24, 2.45) is 10.9 Å². The van der Waals surface area contributed by atoms with Crippen molar-refractivity contribution in [1.29, 1.82) is 10.7 Å². The highest BCUT2D eigenvalue weighted by atomic mass is 32.2. The molecule has 0 aliphatic carbocycles. The summed E-state index contributed by atoms with van der Waals surface area (Å²) in [5, 5.41) is 17.2. The number of thioether (sulfide) groups is 2. The van der Waals surface area contributed by atoms with E-state index < -0.39 is 24.3 Å². The summed E-state index contributed by atoms with van der Waals surface area (Å²) in [6, 6.07) is 9.03. The predicted octanol–water partition coefficient (Wildman–Crippen LogP) is 3.67. The second-order valence-corrected chi connectivity index (χ2v) is 8.28. The number of nitrogens with zero attached hydrogens (tertiary/aromatic N) is 2. The maximum Gasteiger partial charge on any atom is 0.375 e. The highest BCUT2D eigenvalue weighted by Crippen LogP contribution is 2.32. The van der Waals surface area contributed by atoms with E-state index in [2.05, 4.69) is 4.99 Å². The molecular weight excluding hydrogens is 398 g/mol. The zero-order valence-electron chi connectivity index (χ0n) is 15.1. The molecule has 1 atom stereocenters. The number of nitriles is 1. The van der Waals surface area contributed by atoms with Gasteiger partial charge in [0.15, 0.2) is 12.4 Å². The molecule has 1 aliphatic heterocycles. The van der Waals surface area contributed by atoms with Gasteiger partial charge in [-0.2, -0.15) is 5.26 Å². The molecule has 7 nitrogen and oxygen atoms in total. The number of aliphatic imine (C=N–C) groups is 1. The van der Waals surface area contributed by atoms with Gasteiger partial charge in [0, 0.05) is 28.2 Å². The van der Waals surface area contributed by atoms with Crippen LogP contribution < -0.4 is 0 Å². The first kappa shape index (κ1) is 20.2. The minimum Gasteiger partial charge on any atom is -0.452 e. The molecule has 1 N–H and O–H groups in total. The summed E-state index contributed by atoms with van der Waals surface area (Å²) in [5.74, 6) is -1.12. The fraction of sp³-hybridized carbons (Fsp3) is 0.316. The molecule has 0 fully saturated rings. The number of carbonyl (C=O) groups is 2. The number of para-hydroxylation sites is 1. The molecule has 1 aromatic heterocycles. The van der Waals surface area contributed by atoms with E-state index in [1.54, 1.807) is 23.9 Å². The molecule has 0 bridgehead atoms. The van der Waals surface area contributed by atoms with Gasteiger partial charge in [0.25, 0.3) is 0 Å². The van der Waals surface area contributed by atoms with Crippen molar-refractivity contribution in [3.05, 3.63) is 35.6 Å². The van der Waals surface area contributed by atoms with E-state index in [1.807, 2.05) is 18.2 Å². The summed E-state index contributed by atoms with van der Waals surface area (Å²) in [5.41, 5.74) is 1.16. The van der Waals surface area contributed by atoms with E-state index in [9.17, 15) is 9.59 Å². The van der Waals surface area contributed by atoms with Gasteiger partial charge in [-0.15, -0.1) is 0 Å². The zero-order chi connectivity index (χ0) is 20.1. The van der Waals surface area contributed by atoms with Gasteiger partial charge in [-0.25, -0.2) is 4.79 Å². The van der Waals surface area contributed by atoms with Crippen molar-refractivity contribution in [3.8, 4) is 6.07 Å². The number of esters is 1.